The number of aromatic nitrogens is 3. The highest BCUT2D eigenvalue weighted by Crippen LogP contribution is 2.14. The SMILES string of the molecule is Clc1cnc2[nH]ccc2c1.c1ccc2ncccc2c1. The summed E-state index contributed by atoms with van der Waals surface area (Å²) in [6, 6.07) is 15.9. The Morgan fingerprint density at radius 2 is 1.75 bits per heavy atom. The van der Waals surface area contributed by atoms with E-state index in [4.69, 9.17) is 11.6 Å². The lowest BCUT2D eigenvalue weighted by atomic mass is 10.2. The Kier molecular flexibility index (Phi) is 3.61. The van der Waals surface area contributed by atoms with Gasteiger partial charge in [0.2, 0.25) is 0 Å². The number of halogens is 1. The van der Waals surface area contributed by atoms with E-state index in [0.29, 0.717) is 5.02 Å². The van der Waals surface area contributed by atoms with Crippen LogP contribution in [0.2, 0.25) is 5.02 Å². The molecular weight excluding hydrogens is 270 g/mol. The van der Waals surface area contributed by atoms with Crippen LogP contribution in [0.4, 0.5) is 0 Å². The predicted octanol–water partition coefficient (Wildman–Crippen LogP) is 4.45. The molecule has 0 aliphatic carbocycles. The molecule has 98 valence electrons. The molecule has 0 unspecified atom stereocenters. The normalized spacial score (nSPS) is 10.2. The number of rotatable bonds is 0. The quantitative estimate of drug-likeness (QED) is 0.517. The first-order valence-electron chi connectivity index (χ1n) is 6.21. The standard InChI is InChI=1S/C9H7N.C7H5ClN2/c1-2-6-9-8(4-1)5-3-7-10-9;8-6-3-5-1-2-9-7(5)10-4-6/h1-7H;1-4H,(H,9,10). The van der Waals surface area contributed by atoms with Crippen molar-refractivity contribution in [3.05, 3.63) is 72.1 Å². The van der Waals surface area contributed by atoms with Crippen molar-refractivity contribution in [2.75, 3.05) is 0 Å². The number of pyridine rings is 2. The van der Waals surface area contributed by atoms with Crippen LogP contribution in [-0.2, 0) is 0 Å². The van der Waals surface area contributed by atoms with E-state index in [1.165, 1.54) is 5.39 Å². The van der Waals surface area contributed by atoms with Crippen LogP contribution >= 0.6 is 11.6 Å². The second-order valence-corrected chi connectivity index (χ2v) is 4.70. The molecule has 0 amide bonds. The Labute approximate surface area is 121 Å². The number of aromatic amines is 1. The molecule has 0 saturated heterocycles. The topological polar surface area (TPSA) is 41.6 Å². The number of fused-ring (bicyclic) bond motifs is 2. The Morgan fingerprint density at radius 3 is 2.65 bits per heavy atom. The van der Waals surface area contributed by atoms with Crippen molar-refractivity contribution in [3.63, 3.8) is 0 Å². The zero-order valence-corrected chi connectivity index (χ0v) is 11.4. The van der Waals surface area contributed by atoms with E-state index in [1.54, 1.807) is 6.20 Å². The van der Waals surface area contributed by atoms with Gasteiger partial charge < -0.3 is 4.98 Å². The number of benzene rings is 1. The van der Waals surface area contributed by atoms with Crippen molar-refractivity contribution in [3.8, 4) is 0 Å². The molecule has 0 atom stereocenters. The minimum atomic E-state index is 0.673. The Bertz CT molecular complexity index is 774. The molecule has 1 aromatic carbocycles. The fraction of sp³-hybridized carbons (Fsp3) is 0. The first-order chi connectivity index (χ1) is 9.83. The van der Waals surface area contributed by atoms with Gasteiger partial charge in [0.15, 0.2) is 0 Å². The number of nitrogens with one attached hydrogen (secondary N) is 1. The molecular formula is C16H12ClN3. The highest BCUT2D eigenvalue weighted by Gasteiger charge is 1.93. The average molecular weight is 282 g/mol. The lowest BCUT2D eigenvalue weighted by molar-refractivity contribution is 1.33. The number of H-pyrrole nitrogens is 1. The summed E-state index contributed by atoms with van der Waals surface area (Å²) in [7, 11) is 0. The molecule has 20 heavy (non-hydrogen) atoms. The highest BCUT2D eigenvalue weighted by atomic mass is 35.5. The summed E-state index contributed by atoms with van der Waals surface area (Å²) in [5, 5.41) is 2.92. The van der Waals surface area contributed by atoms with Gasteiger partial charge in [-0.15, -0.1) is 0 Å². The zero-order valence-electron chi connectivity index (χ0n) is 10.6. The molecule has 4 rings (SSSR count). The average Bonchev–Trinajstić information content (AvgIpc) is 2.95. The Balaban J connectivity index is 0.000000121. The van der Waals surface area contributed by atoms with Crippen molar-refractivity contribution in [1.82, 2.24) is 15.0 Å². The first kappa shape index (κ1) is 12.6. The third-order valence-corrected chi connectivity index (χ3v) is 3.09. The van der Waals surface area contributed by atoms with Crippen LogP contribution in [-0.4, -0.2) is 15.0 Å². The van der Waals surface area contributed by atoms with Crippen LogP contribution in [0.3, 0.4) is 0 Å². The van der Waals surface area contributed by atoms with Gasteiger partial charge in [-0.1, -0.05) is 35.9 Å². The third-order valence-electron chi connectivity index (χ3n) is 2.88. The summed E-state index contributed by atoms with van der Waals surface area (Å²) >= 11 is 5.70. The number of hydrogen-bond donors (Lipinski definition) is 1. The highest BCUT2D eigenvalue weighted by molar-refractivity contribution is 6.31. The zero-order chi connectivity index (χ0) is 13.8. The monoisotopic (exact) mass is 281 g/mol. The molecule has 0 saturated carbocycles. The molecule has 0 fully saturated rings. The molecule has 3 heterocycles. The minimum Gasteiger partial charge on any atom is -0.346 e. The van der Waals surface area contributed by atoms with Crippen molar-refractivity contribution in [1.29, 1.82) is 0 Å². The molecule has 4 heteroatoms. The van der Waals surface area contributed by atoms with E-state index in [1.807, 2.05) is 48.8 Å². The molecule has 3 nitrogen and oxygen atoms in total. The summed E-state index contributed by atoms with van der Waals surface area (Å²) in [4.78, 5) is 11.2. The predicted molar refractivity (Wildman–Crippen MR) is 82.8 cm³/mol. The van der Waals surface area contributed by atoms with Crippen LogP contribution in [0.5, 0.6) is 0 Å². The van der Waals surface area contributed by atoms with Crippen LogP contribution in [0.15, 0.2) is 67.1 Å². The van der Waals surface area contributed by atoms with Crippen molar-refractivity contribution < 1.29 is 0 Å². The molecule has 3 aromatic heterocycles. The van der Waals surface area contributed by atoms with Crippen LogP contribution in [0.25, 0.3) is 21.9 Å². The maximum absolute atomic E-state index is 5.70. The van der Waals surface area contributed by atoms with Gasteiger partial charge >= 0.3 is 0 Å². The van der Waals surface area contributed by atoms with Crippen LogP contribution in [0, 0.1) is 0 Å². The number of para-hydroxylation sites is 1. The largest absolute Gasteiger partial charge is 0.346 e. The number of nitrogens with zero attached hydrogens (tertiary/aromatic N) is 2. The van der Waals surface area contributed by atoms with Gasteiger partial charge in [0.25, 0.3) is 0 Å². The summed E-state index contributed by atoms with van der Waals surface area (Å²) in [6.07, 6.45) is 5.27. The molecule has 1 N–H and O–H groups in total. The van der Waals surface area contributed by atoms with Gasteiger partial charge in [-0.3, -0.25) is 4.98 Å². The summed E-state index contributed by atoms with van der Waals surface area (Å²) in [5.74, 6) is 0. The summed E-state index contributed by atoms with van der Waals surface area (Å²) in [5.41, 5.74) is 1.94. The smallest absolute Gasteiger partial charge is 0.137 e. The second kappa shape index (κ2) is 5.72. The third kappa shape index (κ3) is 2.78. The van der Waals surface area contributed by atoms with Gasteiger partial charge in [0.1, 0.15) is 5.65 Å². The molecule has 0 aliphatic rings. The molecule has 0 bridgehead atoms. The minimum absolute atomic E-state index is 0.673. The molecule has 0 aliphatic heterocycles. The summed E-state index contributed by atoms with van der Waals surface area (Å²) in [6.45, 7) is 0. The van der Waals surface area contributed by atoms with Gasteiger partial charge in [-0.05, 0) is 24.3 Å². The molecule has 0 spiro atoms. The maximum Gasteiger partial charge on any atom is 0.137 e. The van der Waals surface area contributed by atoms with Crippen LogP contribution in [0.1, 0.15) is 0 Å². The van der Waals surface area contributed by atoms with E-state index >= 15 is 0 Å². The van der Waals surface area contributed by atoms with E-state index in [2.05, 4.69) is 27.1 Å². The van der Waals surface area contributed by atoms with Crippen molar-refractivity contribution in [2.45, 2.75) is 0 Å². The Hall–Kier alpha value is -2.39. The van der Waals surface area contributed by atoms with Crippen molar-refractivity contribution in [2.24, 2.45) is 0 Å². The van der Waals surface area contributed by atoms with E-state index in [9.17, 15) is 0 Å². The first-order valence-corrected chi connectivity index (χ1v) is 6.59. The van der Waals surface area contributed by atoms with Gasteiger partial charge in [-0.2, -0.15) is 0 Å². The Morgan fingerprint density at radius 1 is 0.900 bits per heavy atom. The number of hydrogen-bond acceptors (Lipinski definition) is 2. The van der Waals surface area contributed by atoms with Gasteiger partial charge in [-0.25, -0.2) is 4.98 Å². The lowest BCUT2D eigenvalue weighted by Crippen LogP contribution is -1.73. The van der Waals surface area contributed by atoms with Gasteiger partial charge in [0.05, 0.1) is 10.5 Å². The lowest BCUT2D eigenvalue weighted by Gasteiger charge is -1.91. The fourth-order valence-corrected chi connectivity index (χ4v) is 2.10. The summed E-state index contributed by atoms with van der Waals surface area (Å²) < 4.78 is 0. The maximum atomic E-state index is 5.70. The van der Waals surface area contributed by atoms with Crippen molar-refractivity contribution >= 4 is 33.5 Å². The van der Waals surface area contributed by atoms with Gasteiger partial charge in [0, 0.05) is 29.4 Å². The molecule has 0 radical (unpaired) electrons. The fourth-order valence-electron chi connectivity index (χ4n) is 1.93. The van der Waals surface area contributed by atoms with E-state index in [-0.39, 0.29) is 0 Å². The van der Waals surface area contributed by atoms with E-state index in [0.717, 1.165) is 16.6 Å². The van der Waals surface area contributed by atoms with E-state index < -0.39 is 0 Å². The second-order valence-electron chi connectivity index (χ2n) is 4.27. The molecule has 4 aromatic rings. The van der Waals surface area contributed by atoms with Crippen LogP contribution < -0.4 is 0 Å².